The van der Waals surface area contributed by atoms with Gasteiger partial charge in [0.15, 0.2) is 0 Å². The molecule has 0 heterocycles. The van der Waals surface area contributed by atoms with Crippen LogP contribution in [0.3, 0.4) is 0 Å². The van der Waals surface area contributed by atoms with E-state index in [0.717, 1.165) is 5.56 Å². The minimum absolute atomic E-state index is 0.0567. The molecule has 2 heteroatoms. The van der Waals surface area contributed by atoms with Crippen molar-refractivity contribution in [3.63, 3.8) is 0 Å². The fourth-order valence-corrected chi connectivity index (χ4v) is 1.45. The number of carbonyl (C=O) groups is 1. The molecule has 0 atom stereocenters. The molecule has 0 unspecified atom stereocenters. The summed E-state index contributed by atoms with van der Waals surface area (Å²) in [6.07, 6.45) is 5.58. The fourth-order valence-electron chi connectivity index (χ4n) is 1.45. The summed E-state index contributed by atoms with van der Waals surface area (Å²) in [5.74, 6) is 2.52. The number of terminal acetylenes is 1. The van der Waals surface area contributed by atoms with Gasteiger partial charge in [0.1, 0.15) is 0 Å². The number of nitrogens with zero attached hydrogens (tertiary/aromatic N) is 1. The van der Waals surface area contributed by atoms with Crippen molar-refractivity contribution in [3.8, 4) is 12.3 Å². The van der Waals surface area contributed by atoms with Crippen LogP contribution in [0.2, 0.25) is 0 Å². The van der Waals surface area contributed by atoms with Gasteiger partial charge in [-0.25, -0.2) is 0 Å². The van der Waals surface area contributed by atoms with Crippen LogP contribution >= 0.6 is 0 Å². The van der Waals surface area contributed by atoms with Crippen molar-refractivity contribution in [2.24, 2.45) is 0 Å². The molecular formula is C14H17NO. The number of likely N-dealkylation sites (N-methyl/N-ethyl adjacent to an activating group) is 1. The van der Waals surface area contributed by atoms with Gasteiger partial charge in [0.05, 0.1) is 13.0 Å². The van der Waals surface area contributed by atoms with Crippen molar-refractivity contribution in [3.05, 3.63) is 34.9 Å². The monoisotopic (exact) mass is 215 g/mol. The Hall–Kier alpha value is -1.75. The van der Waals surface area contributed by atoms with E-state index in [-0.39, 0.29) is 5.91 Å². The maximum atomic E-state index is 11.7. The Morgan fingerprint density at radius 3 is 2.62 bits per heavy atom. The number of benzene rings is 1. The zero-order chi connectivity index (χ0) is 12.1. The van der Waals surface area contributed by atoms with E-state index in [9.17, 15) is 4.79 Å². The maximum Gasteiger partial charge on any atom is 0.227 e. The normalized spacial score (nSPS) is 9.62. The topological polar surface area (TPSA) is 20.3 Å². The van der Waals surface area contributed by atoms with Gasteiger partial charge in [0, 0.05) is 7.05 Å². The molecule has 0 aliphatic carbocycles. The second kappa shape index (κ2) is 5.37. The Bertz CT molecular complexity index is 429. The molecule has 0 N–H and O–H groups in total. The number of carbonyl (C=O) groups excluding carboxylic acids is 1. The molecule has 0 aliphatic rings. The summed E-state index contributed by atoms with van der Waals surface area (Å²) >= 11 is 0. The van der Waals surface area contributed by atoms with Crippen molar-refractivity contribution in [1.82, 2.24) is 4.90 Å². The maximum absolute atomic E-state index is 11.7. The summed E-state index contributed by atoms with van der Waals surface area (Å²) in [7, 11) is 1.73. The predicted octanol–water partition coefficient (Wildman–Crippen LogP) is 1.94. The Morgan fingerprint density at radius 2 is 2.06 bits per heavy atom. The van der Waals surface area contributed by atoms with E-state index in [0.29, 0.717) is 13.0 Å². The molecule has 1 rings (SSSR count). The predicted molar refractivity (Wildman–Crippen MR) is 66.1 cm³/mol. The lowest BCUT2D eigenvalue weighted by molar-refractivity contribution is -0.128. The molecule has 0 aliphatic heterocycles. The molecule has 0 aromatic heterocycles. The Morgan fingerprint density at radius 1 is 1.38 bits per heavy atom. The van der Waals surface area contributed by atoms with Crippen LogP contribution in [0, 0.1) is 26.2 Å². The zero-order valence-electron chi connectivity index (χ0n) is 10.1. The van der Waals surface area contributed by atoms with Crippen LogP contribution in [-0.4, -0.2) is 24.4 Å². The SMILES string of the molecule is C#CCN(C)C(=O)Cc1ccc(C)c(C)c1. The molecule has 0 radical (unpaired) electrons. The zero-order valence-corrected chi connectivity index (χ0v) is 10.1. The third-order valence-electron chi connectivity index (χ3n) is 2.68. The molecule has 0 fully saturated rings. The molecule has 84 valence electrons. The number of hydrogen-bond acceptors (Lipinski definition) is 1. The van der Waals surface area contributed by atoms with Crippen LogP contribution in [0.1, 0.15) is 16.7 Å². The fraction of sp³-hybridized carbons (Fsp3) is 0.357. The van der Waals surface area contributed by atoms with Gasteiger partial charge in [0.25, 0.3) is 0 Å². The Kier molecular flexibility index (Phi) is 4.13. The van der Waals surface area contributed by atoms with Crippen molar-refractivity contribution in [2.45, 2.75) is 20.3 Å². The van der Waals surface area contributed by atoms with E-state index >= 15 is 0 Å². The summed E-state index contributed by atoms with van der Waals surface area (Å²) in [6.45, 7) is 4.48. The van der Waals surface area contributed by atoms with Crippen LogP contribution in [-0.2, 0) is 11.2 Å². The first-order valence-corrected chi connectivity index (χ1v) is 5.28. The van der Waals surface area contributed by atoms with Gasteiger partial charge < -0.3 is 4.90 Å². The largest absolute Gasteiger partial charge is 0.334 e. The highest BCUT2D eigenvalue weighted by Crippen LogP contribution is 2.10. The lowest BCUT2D eigenvalue weighted by Gasteiger charge is -2.14. The van der Waals surface area contributed by atoms with Crippen LogP contribution < -0.4 is 0 Å². The van der Waals surface area contributed by atoms with E-state index in [1.165, 1.54) is 11.1 Å². The molecular weight excluding hydrogens is 198 g/mol. The van der Waals surface area contributed by atoms with E-state index in [2.05, 4.69) is 25.8 Å². The lowest BCUT2D eigenvalue weighted by atomic mass is 10.0. The Balaban J connectivity index is 2.70. The van der Waals surface area contributed by atoms with Gasteiger partial charge in [-0.2, -0.15) is 0 Å². The van der Waals surface area contributed by atoms with Gasteiger partial charge in [-0.05, 0) is 30.5 Å². The molecule has 0 spiro atoms. The minimum Gasteiger partial charge on any atom is -0.334 e. The van der Waals surface area contributed by atoms with E-state index in [4.69, 9.17) is 6.42 Å². The summed E-state index contributed by atoms with van der Waals surface area (Å²) in [4.78, 5) is 13.3. The van der Waals surface area contributed by atoms with Crippen molar-refractivity contribution in [2.75, 3.05) is 13.6 Å². The van der Waals surface area contributed by atoms with Gasteiger partial charge in [-0.1, -0.05) is 24.1 Å². The second-order valence-electron chi connectivity index (χ2n) is 4.05. The number of hydrogen-bond donors (Lipinski definition) is 0. The third-order valence-corrected chi connectivity index (χ3v) is 2.68. The minimum atomic E-state index is 0.0567. The van der Waals surface area contributed by atoms with Crippen molar-refractivity contribution >= 4 is 5.91 Å². The Labute approximate surface area is 97.3 Å². The molecule has 16 heavy (non-hydrogen) atoms. The van der Waals surface area contributed by atoms with Gasteiger partial charge in [-0.3, -0.25) is 4.79 Å². The molecule has 1 aromatic carbocycles. The van der Waals surface area contributed by atoms with Crippen LogP contribution in [0.25, 0.3) is 0 Å². The molecule has 1 amide bonds. The quantitative estimate of drug-likeness (QED) is 0.706. The van der Waals surface area contributed by atoms with E-state index < -0.39 is 0 Å². The highest BCUT2D eigenvalue weighted by Gasteiger charge is 2.08. The first-order valence-electron chi connectivity index (χ1n) is 5.28. The first kappa shape index (κ1) is 12.3. The van der Waals surface area contributed by atoms with Crippen LogP contribution in [0.15, 0.2) is 18.2 Å². The van der Waals surface area contributed by atoms with Gasteiger partial charge >= 0.3 is 0 Å². The van der Waals surface area contributed by atoms with Crippen LogP contribution in [0.4, 0.5) is 0 Å². The molecule has 0 saturated carbocycles. The average Bonchev–Trinajstić information content (AvgIpc) is 2.24. The highest BCUT2D eigenvalue weighted by atomic mass is 16.2. The molecule has 1 aromatic rings. The molecule has 0 bridgehead atoms. The van der Waals surface area contributed by atoms with Gasteiger partial charge in [0.2, 0.25) is 5.91 Å². The molecule has 0 saturated heterocycles. The second-order valence-corrected chi connectivity index (χ2v) is 4.05. The third kappa shape index (κ3) is 3.13. The van der Waals surface area contributed by atoms with Crippen molar-refractivity contribution < 1.29 is 4.79 Å². The van der Waals surface area contributed by atoms with Gasteiger partial charge in [-0.15, -0.1) is 6.42 Å². The summed E-state index contributed by atoms with van der Waals surface area (Å²) in [6, 6.07) is 6.08. The summed E-state index contributed by atoms with van der Waals surface area (Å²) in [5.41, 5.74) is 3.50. The lowest BCUT2D eigenvalue weighted by Crippen LogP contribution is -2.28. The molecule has 2 nitrogen and oxygen atoms in total. The number of rotatable bonds is 3. The van der Waals surface area contributed by atoms with Crippen LogP contribution in [0.5, 0.6) is 0 Å². The summed E-state index contributed by atoms with van der Waals surface area (Å²) in [5, 5.41) is 0. The smallest absolute Gasteiger partial charge is 0.227 e. The van der Waals surface area contributed by atoms with E-state index in [1.54, 1.807) is 11.9 Å². The number of amides is 1. The number of aryl methyl sites for hydroxylation is 2. The highest BCUT2D eigenvalue weighted by molar-refractivity contribution is 5.78. The first-order chi connectivity index (χ1) is 7.54. The summed E-state index contributed by atoms with van der Waals surface area (Å²) < 4.78 is 0. The van der Waals surface area contributed by atoms with E-state index in [1.807, 2.05) is 12.1 Å². The standard InChI is InChI=1S/C14H17NO/c1-5-8-15(4)14(16)10-13-7-6-11(2)12(3)9-13/h1,6-7,9H,8,10H2,2-4H3. The average molecular weight is 215 g/mol. The van der Waals surface area contributed by atoms with Crippen molar-refractivity contribution in [1.29, 1.82) is 0 Å².